The van der Waals surface area contributed by atoms with Gasteiger partial charge in [-0.2, -0.15) is 0 Å². The van der Waals surface area contributed by atoms with Crippen LogP contribution in [0.5, 0.6) is 0 Å². The Morgan fingerprint density at radius 3 is 2.50 bits per heavy atom. The molecule has 0 fully saturated rings. The van der Waals surface area contributed by atoms with Crippen LogP contribution in [0.15, 0.2) is 59.6 Å². The molecule has 1 amide bonds. The fourth-order valence-electron chi connectivity index (χ4n) is 2.41. The first-order chi connectivity index (χ1) is 13.6. The van der Waals surface area contributed by atoms with Crippen molar-refractivity contribution in [1.82, 2.24) is 10.6 Å². The predicted molar refractivity (Wildman–Crippen MR) is 110 cm³/mol. The number of halogens is 1. The van der Waals surface area contributed by atoms with Gasteiger partial charge in [0.2, 0.25) is 5.91 Å². The van der Waals surface area contributed by atoms with Crippen LogP contribution >= 0.6 is 0 Å². The summed E-state index contributed by atoms with van der Waals surface area (Å²) < 4.78 is 18.6. The van der Waals surface area contributed by atoms with E-state index in [2.05, 4.69) is 27.9 Å². The Kier molecular flexibility index (Phi) is 8.94. The molecule has 0 aromatic heterocycles. The lowest BCUT2D eigenvalue weighted by Crippen LogP contribution is -2.43. The molecule has 0 saturated carbocycles. The van der Waals surface area contributed by atoms with Crippen molar-refractivity contribution in [2.24, 2.45) is 10.9 Å². The van der Waals surface area contributed by atoms with Crippen LogP contribution < -0.4 is 16.0 Å². The van der Waals surface area contributed by atoms with Gasteiger partial charge < -0.3 is 20.7 Å². The van der Waals surface area contributed by atoms with Crippen LogP contribution in [0.2, 0.25) is 0 Å². The van der Waals surface area contributed by atoms with Gasteiger partial charge in [0, 0.05) is 19.3 Å². The van der Waals surface area contributed by atoms with Gasteiger partial charge >= 0.3 is 0 Å². The summed E-state index contributed by atoms with van der Waals surface area (Å²) in [6.45, 7) is 3.99. The van der Waals surface area contributed by atoms with Crippen LogP contribution in [0.25, 0.3) is 0 Å². The number of hydrogen-bond acceptors (Lipinski definition) is 3. The first-order valence-electron chi connectivity index (χ1n) is 9.18. The van der Waals surface area contributed by atoms with Gasteiger partial charge in [0.1, 0.15) is 5.82 Å². The average molecular weight is 386 g/mol. The van der Waals surface area contributed by atoms with Gasteiger partial charge in [-0.15, -0.1) is 0 Å². The van der Waals surface area contributed by atoms with E-state index in [1.807, 2.05) is 30.3 Å². The largest absolute Gasteiger partial charge is 0.376 e. The van der Waals surface area contributed by atoms with E-state index in [0.717, 1.165) is 5.56 Å². The summed E-state index contributed by atoms with van der Waals surface area (Å²) in [5, 5.41) is 8.81. The second-order valence-corrected chi connectivity index (χ2v) is 6.47. The van der Waals surface area contributed by atoms with Crippen molar-refractivity contribution in [2.45, 2.75) is 13.5 Å². The molecule has 2 aromatic rings. The van der Waals surface area contributed by atoms with Gasteiger partial charge in [-0.3, -0.25) is 9.79 Å². The topological polar surface area (TPSA) is 74.8 Å². The maximum Gasteiger partial charge on any atom is 0.243 e. The zero-order valence-electron chi connectivity index (χ0n) is 16.2. The lowest BCUT2D eigenvalue weighted by atomic mass is 10.2. The summed E-state index contributed by atoms with van der Waals surface area (Å²) in [7, 11) is 1.64. The van der Waals surface area contributed by atoms with Gasteiger partial charge in [0.25, 0.3) is 0 Å². The number of nitrogens with one attached hydrogen (secondary N) is 3. The molecule has 6 nitrogen and oxygen atoms in total. The first kappa shape index (κ1) is 21.4. The number of ether oxygens (including phenoxy) is 1. The number of carbonyl (C=O) groups excluding carboxylic acids is 1. The van der Waals surface area contributed by atoms with Crippen molar-refractivity contribution < 1.29 is 13.9 Å². The Balaban J connectivity index is 1.63. The first-order valence-corrected chi connectivity index (χ1v) is 9.18. The standard InChI is InChI=1S/C21H27FN4O2/c1-16(14-28-15-17-6-4-3-5-7-17)12-24-21(23-2)25-13-20(27)26-19-10-8-18(22)9-11-19/h3-11,16H,12-15H2,1-2H3,(H,26,27)(H2,23,24,25). The molecule has 2 rings (SSSR count). The lowest BCUT2D eigenvalue weighted by molar-refractivity contribution is -0.115. The molecule has 7 heteroatoms. The number of amides is 1. The minimum Gasteiger partial charge on any atom is -0.376 e. The molecule has 0 radical (unpaired) electrons. The van der Waals surface area contributed by atoms with Gasteiger partial charge in [0.05, 0.1) is 19.8 Å². The molecule has 28 heavy (non-hydrogen) atoms. The molecule has 2 aromatic carbocycles. The normalized spacial score (nSPS) is 12.3. The zero-order chi connectivity index (χ0) is 20.2. The van der Waals surface area contributed by atoms with E-state index < -0.39 is 0 Å². The van der Waals surface area contributed by atoms with E-state index in [4.69, 9.17) is 4.74 Å². The molecule has 0 bridgehead atoms. The van der Waals surface area contributed by atoms with Crippen molar-refractivity contribution in [3.8, 4) is 0 Å². The Hall–Kier alpha value is -2.93. The molecule has 1 atom stereocenters. The van der Waals surface area contributed by atoms with E-state index >= 15 is 0 Å². The van der Waals surface area contributed by atoms with E-state index in [-0.39, 0.29) is 24.2 Å². The summed E-state index contributed by atoms with van der Waals surface area (Å²) >= 11 is 0. The fraction of sp³-hybridized carbons (Fsp3) is 0.333. The van der Waals surface area contributed by atoms with Crippen molar-refractivity contribution >= 4 is 17.6 Å². The molecule has 0 aliphatic rings. The van der Waals surface area contributed by atoms with E-state index in [0.29, 0.717) is 31.4 Å². The van der Waals surface area contributed by atoms with Gasteiger partial charge in [0.15, 0.2) is 5.96 Å². The summed E-state index contributed by atoms with van der Waals surface area (Å²) in [6.07, 6.45) is 0. The number of benzene rings is 2. The second kappa shape index (κ2) is 11.7. The maximum atomic E-state index is 12.9. The third-order valence-corrected chi connectivity index (χ3v) is 3.90. The molecule has 0 heterocycles. The van der Waals surface area contributed by atoms with Gasteiger partial charge in [-0.1, -0.05) is 37.3 Å². The van der Waals surface area contributed by atoms with E-state index in [1.54, 1.807) is 7.05 Å². The smallest absolute Gasteiger partial charge is 0.243 e. The zero-order valence-corrected chi connectivity index (χ0v) is 16.2. The molecule has 0 aliphatic carbocycles. The fourth-order valence-corrected chi connectivity index (χ4v) is 2.41. The summed E-state index contributed by atoms with van der Waals surface area (Å²) in [5.74, 6) is 0.218. The lowest BCUT2D eigenvalue weighted by Gasteiger charge is -2.16. The molecule has 3 N–H and O–H groups in total. The molecule has 0 aliphatic heterocycles. The molecular formula is C21H27FN4O2. The number of hydrogen-bond donors (Lipinski definition) is 3. The number of nitrogens with zero attached hydrogens (tertiary/aromatic N) is 1. The highest BCUT2D eigenvalue weighted by atomic mass is 19.1. The minimum absolute atomic E-state index is 0.0515. The number of guanidine groups is 1. The van der Waals surface area contributed by atoms with Crippen LogP contribution in [0.1, 0.15) is 12.5 Å². The maximum absolute atomic E-state index is 12.9. The van der Waals surface area contributed by atoms with Crippen molar-refractivity contribution in [3.05, 3.63) is 66.0 Å². The van der Waals surface area contributed by atoms with E-state index in [9.17, 15) is 9.18 Å². The third-order valence-electron chi connectivity index (χ3n) is 3.90. The average Bonchev–Trinajstić information content (AvgIpc) is 2.70. The summed E-state index contributed by atoms with van der Waals surface area (Å²) in [4.78, 5) is 16.1. The van der Waals surface area contributed by atoms with Gasteiger partial charge in [-0.25, -0.2) is 4.39 Å². The molecule has 1 unspecified atom stereocenters. The second-order valence-electron chi connectivity index (χ2n) is 6.47. The number of carbonyl (C=O) groups is 1. The van der Waals surface area contributed by atoms with Crippen LogP contribution in [0.3, 0.4) is 0 Å². The Labute approximate surface area is 165 Å². The van der Waals surface area contributed by atoms with E-state index in [1.165, 1.54) is 24.3 Å². The molecule has 150 valence electrons. The minimum atomic E-state index is -0.345. The number of aliphatic imine (C=N–C) groups is 1. The molecular weight excluding hydrogens is 359 g/mol. The van der Waals surface area contributed by atoms with Crippen LogP contribution in [0, 0.1) is 11.7 Å². The third kappa shape index (κ3) is 8.18. The predicted octanol–water partition coefficient (Wildman–Crippen LogP) is 2.78. The Morgan fingerprint density at radius 1 is 1.11 bits per heavy atom. The Bertz CT molecular complexity index is 751. The van der Waals surface area contributed by atoms with Crippen LogP contribution in [-0.4, -0.2) is 38.6 Å². The Morgan fingerprint density at radius 2 is 1.82 bits per heavy atom. The summed E-state index contributed by atoms with van der Waals surface area (Å²) in [6, 6.07) is 15.6. The van der Waals surface area contributed by atoms with Crippen molar-refractivity contribution in [2.75, 3.05) is 32.1 Å². The SMILES string of the molecule is CN=C(NCC(=O)Nc1ccc(F)cc1)NCC(C)COCc1ccccc1. The van der Waals surface area contributed by atoms with Gasteiger partial charge in [-0.05, 0) is 35.7 Å². The van der Waals surface area contributed by atoms with Crippen molar-refractivity contribution in [1.29, 1.82) is 0 Å². The highest BCUT2D eigenvalue weighted by Gasteiger charge is 2.07. The highest BCUT2D eigenvalue weighted by molar-refractivity contribution is 5.94. The molecule has 0 spiro atoms. The van der Waals surface area contributed by atoms with Crippen LogP contribution in [-0.2, 0) is 16.1 Å². The van der Waals surface area contributed by atoms with Crippen molar-refractivity contribution in [3.63, 3.8) is 0 Å². The van der Waals surface area contributed by atoms with Crippen LogP contribution in [0.4, 0.5) is 10.1 Å². The number of rotatable bonds is 9. The summed E-state index contributed by atoms with van der Waals surface area (Å²) in [5.41, 5.74) is 1.69. The monoisotopic (exact) mass is 386 g/mol. The highest BCUT2D eigenvalue weighted by Crippen LogP contribution is 2.07. The quantitative estimate of drug-likeness (QED) is 0.458. The molecule has 0 saturated heterocycles. The number of anilines is 1.